The maximum atomic E-state index is 12.1. The van der Waals surface area contributed by atoms with Gasteiger partial charge in [0.2, 0.25) is 0 Å². The molecule has 1 aromatic carbocycles. The van der Waals surface area contributed by atoms with Gasteiger partial charge in [-0.25, -0.2) is 0 Å². The average Bonchev–Trinajstić information content (AvgIpc) is 2.96. The Morgan fingerprint density at radius 3 is 2.90 bits per heavy atom. The van der Waals surface area contributed by atoms with Crippen LogP contribution >= 0.6 is 11.8 Å². The van der Waals surface area contributed by atoms with E-state index in [4.69, 9.17) is 5.26 Å². The molecule has 2 rings (SSSR count). The summed E-state index contributed by atoms with van der Waals surface area (Å²) in [6.07, 6.45) is 1.40. The molecule has 0 atom stereocenters. The van der Waals surface area contributed by atoms with Crippen molar-refractivity contribution in [3.8, 4) is 6.07 Å². The van der Waals surface area contributed by atoms with Crippen LogP contribution in [0.3, 0.4) is 0 Å². The van der Waals surface area contributed by atoms with Crippen molar-refractivity contribution in [3.63, 3.8) is 0 Å². The quantitative estimate of drug-likeness (QED) is 0.663. The van der Waals surface area contributed by atoms with Crippen LogP contribution in [0.2, 0.25) is 0 Å². The second kappa shape index (κ2) is 6.95. The fourth-order valence-corrected chi connectivity index (χ4v) is 2.55. The number of anilines is 1. The topological polar surface area (TPSA) is 77.3 Å². The molecule has 21 heavy (non-hydrogen) atoms. The summed E-state index contributed by atoms with van der Waals surface area (Å²) in [6, 6.07) is 7.63. The number of benzene rings is 1. The van der Waals surface area contributed by atoms with Crippen molar-refractivity contribution in [1.82, 2.24) is 5.32 Å². The van der Waals surface area contributed by atoms with Gasteiger partial charge in [-0.2, -0.15) is 5.26 Å². The van der Waals surface area contributed by atoms with Crippen molar-refractivity contribution in [1.29, 1.82) is 5.26 Å². The Labute approximate surface area is 128 Å². The lowest BCUT2D eigenvalue weighted by molar-refractivity contribution is -0.112. The minimum Gasteiger partial charge on any atom is -0.340 e. The average molecular weight is 300 g/mol. The smallest absolute Gasteiger partial charge is 0.267 e. The van der Waals surface area contributed by atoms with Crippen LogP contribution in [0, 0.1) is 25.2 Å². The van der Waals surface area contributed by atoms with Crippen molar-refractivity contribution >= 4 is 28.5 Å². The van der Waals surface area contributed by atoms with Crippen LogP contribution < -0.4 is 10.6 Å². The van der Waals surface area contributed by atoms with Gasteiger partial charge in [0.05, 0.1) is 6.54 Å². The van der Waals surface area contributed by atoms with Crippen LogP contribution in [0.15, 0.2) is 35.0 Å². The lowest BCUT2D eigenvalue weighted by atomic mass is 10.1. The van der Waals surface area contributed by atoms with Crippen molar-refractivity contribution in [2.45, 2.75) is 13.8 Å². The van der Waals surface area contributed by atoms with Gasteiger partial charge in [0.1, 0.15) is 11.6 Å². The van der Waals surface area contributed by atoms with Crippen LogP contribution in [0.5, 0.6) is 0 Å². The van der Waals surface area contributed by atoms with Gasteiger partial charge in [0.15, 0.2) is 5.17 Å². The molecule has 0 unspecified atom stereocenters. The molecule has 0 aromatic heterocycles. The monoisotopic (exact) mass is 300 g/mol. The number of amides is 1. The zero-order valence-corrected chi connectivity index (χ0v) is 12.8. The number of nitrogens with zero attached hydrogens (tertiary/aromatic N) is 2. The van der Waals surface area contributed by atoms with Crippen LogP contribution in [0.25, 0.3) is 0 Å². The summed E-state index contributed by atoms with van der Waals surface area (Å²) in [5.74, 6) is 0.493. The Hall–Kier alpha value is -2.26. The maximum Gasteiger partial charge on any atom is 0.267 e. The Bertz CT molecular complexity index is 658. The highest BCUT2D eigenvalue weighted by molar-refractivity contribution is 8.14. The van der Waals surface area contributed by atoms with E-state index in [9.17, 15) is 4.79 Å². The first kappa shape index (κ1) is 15.1. The van der Waals surface area contributed by atoms with Crippen LogP contribution in [0.4, 0.5) is 5.69 Å². The number of nitriles is 1. The number of rotatable bonds is 3. The summed E-state index contributed by atoms with van der Waals surface area (Å²) in [5.41, 5.74) is 2.81. The van der Waals surface area contributed by atoms with Gasteiger partial charge < -0.3 is 10.6 Å². The Morgan fingerprint density at radius 1 is 1.48 bits per heavy atom. The van der Waals surface area contributed by atoms with Gasteiger partial charge in [0.25, 0.3) is 5.91 Å². The fraction of sp³-hybridized carbons (Fsp3) is 0.267. The van der Waals surface area contributed by atoms with Gasteiger partial charge in [0, 0.05) is 17.6 Å². The number of carbonyl (C=O) groups is 1. The lowest BCUT2D eigenvalue weighted by Crippen LogP contribution is -2.19. The van der Waals surface area contributed by atoms with E-state index in [1.807, 2.05) is 38.1 Å². The molecule has 1 aromatic rings. The Morgan fingerprint density at radius 2 is 2.29 bits per heavy atom. The van der Waals surface area contributed by atoms with Gasteiger partial charge in [-0.15, -0.1) is 0 Å². The molecule has 0 aliphatic carbocycles. The summed E-state index contributed by atoms with van der Waals surface area (Å²) in [4.78, 5) is 16.3. The third-order valence-electron chi connectivity index (χ3n) is 2.92. The minimum absolute atomic E-state index is 0.0187. The van der Waals surface area contributed by atoms with E-state index in [0.29, 0.717) is 5.69 Å². The van der Waals surface area contributed by atoms with Crippen LogP contribution in [-0.2, 0) is 4.79 Å². The second-order valence-corrected chi connectivity index (χ2v) is 5.71. The molecule has 0 spiro atoms. The van der Waals surface area contributed by atoms with E-state index in [1.54, 1.807) is 11.8 Å². The van der Waals surface area contributed by atoms with E-state index in [2.05, 4.69) is 15.6 Å². The van der Waals surface area contributed by atoms with Gasteiger partial charge in [-0.05, 0) is 25.5 Å². The molecule has 0 radical (unpaired) electrons. The maximum absolute atomic E-state index is 12.1. The number of hydrogen-bond donors (Lipinski definition) is 2. The predicted octanol–water partition coefficient (Wildman–Crippen LogP) is 2.34. The molecule has 5 nitrogen and oxygen atoms in total. The fourth-order valence-electron chi connectivity index (χ4n) is 1.85. The molecule has 0 bridgehead atoms. The molecular formula is C15H16N4OS. The Kier molecular flexibility index (Phi) is 5.01. The molecule has 108 valence electrons. The standard InChI is InChI=1S/C15H16N4OS/c1-10-3-4-13(11(2)7-10)19-14(20)12(8-16)9-18-15-17-5-6-21-15/h3-4,7,9H,5-6H2,1-2H3,(H,17,18)(H,19,20)/b12-9-. The number of nitrogens with one attached hydrogen (secondary N) is 2. The molecule has 1 heterocycles. The van der Waals surface area contributed by atoms with Crippen LogP contribution in [0.1, 0.15) is 11.1 Å². The van der Waals surface area contributed by atoms with E-state index in [0.717, 1.165) is 28.6 Å². The Balaban J connectivity index is 2.06. The summed E-state index contributed by atoms with van der Waals surface area (Å²) >= 11 is 1.57. The molecule has 0 saturated heterocycles. The summed E-state index contributed by atoms with van der Waals surface area (Å²) in [7, 11) is 0. The van der Waals surface area contributed by atoms with Crippen molar-refractivity contribution in [2.75, 3.05) is 17.6 Å². The van der Waals surface area contributed by atoms with Gasteiger partial charge in [-0.3, -0.25) is 9.79 Å². The molecular weight excluding hydrogens is 284 g/mol. The highest BCUT2D eigenvalue weighted by Crippen LogP contribution is 2.16. The van der Waals surface area contributed by atoms with Crippen molar-refractivity contribution in [2.24, 2.45) is 4.99 Å². The molecule has 0 fully saturated rings. The first-order chi connectivity index (χ1) is 10.1. The van der Waals surface area contributed by atoms with E-state index >= 15 is 0 Å². The number of aryl methyl sites for hydroxylation is 2. The van der Waals surface area contributed by atoms with Crippen LogP contribution in [-0.4, -0.2) is 23.4 Å². The number of aliphatic imine (C=N–C) groups is 1. The normalized spacial score (nSPS) is 14.3. The number of thioether (sulfide) groups is 1. The predicted molar refractivity (Wildman–Crippen MR) is 86.1 cm³/mol. The summed E-state index contributed by atoms with van der Waals surface area (Å²) < 4.78 is 0. The number of amidine groups is 1. The molecule has 2 N–H and O–H groups in total. The summed E-state index contributed by atoms with van der Waals surface area (Å²) in [6.45, 7) is 4.67. The molecule has 1 amide bonds. The SMILES string of the molecule is Cc1ccc(NC(=O)/C(C#N)=C\NC2=NCCS2)c(C)c1. The minimum atomic E-state index is -0.430. The second-order valence-electron chi connectivity index (χ2n) is 4.62. The third-order valence-corrected chi connectivity index (χ3v) is 3.83. The molecule has 1 aliphatic heterocycles. The zero-order chi connectivity index (χ0) is 15.2. The molecule has 6 heteroatoms. The highest BCUT2D eigenvalue weighted by atomic mass is 32.2. The number of carbonyl (C=O) groups excluding carboxylic acids is 1. The molecule has 1 aliphatic rings. The zero-order valence-electron chi connectivity index (χ0n) is 11.9. The van der Waals surface area contributed by atoms with Crippen molar-refractivity contribution in [3.05, 3.63) is 41.1 Å². The number of hydrogen-bond acceptors (Lipinski definition) is 5. The van der Waals surface area contributed by atoms with E-state index in [-0.39, 0.29) is 5.57 Å². The molecule has 0 saturated carbocycles. The largest absolute Gasteiger partial charge is 0.340 e. The lowest BCUT2D eigenvalue weighted by Gasteiger charge is -2.08. The first-order valence-corrected chi connectivity index (χ1v) is 7.51. The van der Waals surface area contributed by atoms with Gasteiger partial charge >= 0.3 is 0 Å². The van der Waals surface area contributed by atoms with Crippen molar-refractivity contribution < 1.29 is 4.79 Å². The summed E-state index contributed by atoms with van der Waals surface area (Å²) in [5, 5.41) is 15.5. The van der Waals surface area contributed by atoms with E-state index < -0.39 is 5.91 Å². The van der Waals surface area contributed by atoms with E-state index in [1.165, 1.54) is 6.20 Å². The highest BCUT2D eigenvalue weighted by Gasteiger charge is 2.12. The third kappa shape index (κ3) is 4.10. The first-order valence-electron chi connectivity index (χ1n) is 6.53. The van der Waals surface area contributed by atoms with Gasteiger partial charge in [-0.1, -0.05) is 29.5 Å².